The van der Waals surface area contributed by atoms with Gasteiger partial charge in [0.15, 0.2) is 0 Å². The van der Waals surface area contributed by atoms with E-state index in [1.807, 2.05) is 52.4 Å². The fourth-order valence-electron chi connectivity index (χ4n) is 4.35. The fraction of sp³-hybridized carbons (Fsp3) is 0.280. The third-order valence-corrected chi connectivity index (χ3v) is 6.31. The second-order valence-corrected chi connectivity index (χ2v) is 8.39. The van der Waals surface area contributed by atoms with Gasteiger partial charge in [-0.15, -0.1) is 0 Å². The Morgan fingerprint density at radius 2 is 1.91 bits per heavy atom. The molecule has 7 nitrogen and oxygen atoms in total. The number of hydrogen-bond acceptors (Lipinski definition) is 4. The first-order valence-corrected chi connectivity index (χ1v) is 11.0. The predicted octanol–water partition coefficient (Wildman–Crippen LogP) is 4.37. The van der Waals surface area contributed by atoms with Gasteiger partial charge < -0.3 is 4.90 Å². The van der Waals surface area contributed by atoms with Gasteiger partial charge in [-0.1, -0.05) is 0 Å². The fourth-order valence-corrected chi connectivity index (χ4v) is 4.35. The van der Waals surface area contributed by atoms with Crippen LogP contribution in [0.1, 0.15) is 41.0 Å². The Morgan fingerprint density at radius 1 is 1.12 bits per heavy atom. The zero-order valence-electron chi connectivity index (χ0n) is 18.5. The Balaban J connectivity index is 1.66. The van der Waals surface area contributed by atoms with E-state index < -0.39 is 5.82 Å². The van der Waals surface area contributed by atoms with Crippen LogP contribution < -0.4 is 0 Å². The van der Waals surface area contributed by atoms with Crippen LogP contribution in [0, 0.1) is 24.1 Å². The molecule has 3 heterocycles. The SMILES string of the molecule is Cc1c2cc(-n3cc(C(=O)N4CCCCC4)nc3-c3ccc(C#N)c(F)c3)ccc2nn1C. The van der Waals surface area contributed by atoms with Crippen molar-refractivity contribution in [3.63, 3.8) is 0 Å². The lowest BCUT2D eigenvalue weighted by Crippen LogP contribution is -2.35. The van der Waals surface area contributed by atoms with Crippen molar-refractivity contribution in [2.45, 2.75) is 26.2 Å². The molecule has 2 aromatic heterocycles. The van der Waals surface area contributed by atoms with E-state index in [1.165, 1.54) is 12.1 Å². The van der Waals surface area contributed by atoms with Crippen molar-refractivity contribution < 1.29 is 9.18 Å². The van der Waals surface area contributed by atoms with Crippen molar-refractivity contribution in [3.8, 4) is 23.1 Å². The summed E-state index contributed by atoms with van der Waals surface area (Å²) in [7, 11) is 1.90. The molecule has 166 valence electrons. The predicted molar refractivity (Wildman–Crippen MR) is 122 cm³/mol. The average molecular weight is 442 g/mol. The Bertz CT molecular complexity index is 1420. The molecule has 8 heteroatoms. The van der Waals surface area contributed by atoms with Gasteiger partial charge >= 0.3 is 0 Å². The normalized spacial score (nSPS) is 13.9. The second-order valence-electron chi connectivity index (χ2n) is 8.39. The highest BCUT2D eigenvalue weighted by Gasteiger charge is 2.23. The molecular formula is C25H23FN6O. The van der Waals surface area contributed by atoms with Crippen LogP contribution in [0.25, 0.3) is 28.0 Å². The molecule has 1 aliphatic rings. The monoisotopic (exact) mass is 442 g/mol. The van der Waals surface area contributed by atoms with E-state index in [1.54, 1.807) is 12.3 Å². The number of nitriles is 1. The first-order valence-electron chi connectivity index (χ1n) is 11.0. The number of likely N-dealkylation sites (tertiary alicyclic amines) is 1. The lowest BCUT2D eigenvalue weighted by atomic mass is 10.1. The molecule has 1 amide bonds. The Labute approximate surface area is 190 Å². The number of carbonyl (C=O) groups excluding carboxylic acids is 1. The van der Waals surface area contributed by atoms with Gasteiger partial charge in [0.25, 0.3) is 5.91 Å². The molecule has 1 fully saturated rings. The summed E-state index contributed by atoms with van der Waals surface area (Å²) in [5.41, 5.74) is 3.46. The van der Waals surface area contributed by atoms with E-state index >= 15 is 0 Å². The van der Waals surface area contributed by atoms with E-state index in [0.29, 0.717) is 30.2 Å². The molecule has 0 bridgehead atoms. The quantitative estimate of drug-likeness (QED) is 0.472. The van der Waals surface area contributed by atoms with Gasteiger partial charge in [0.05, 0.1) is 11.1 Å². The second kappa shape index (κ2) is 8.17. The minimum atomic E-state index is -0.619. The smallest absolute Gasteiger partial charge is 0.274 e. The Morgan fingerprint density at radius 3 is 2.64 bits per heavy atom. The van der Waals surface area contributed by atoms with Gasteiger partial charge in [-0.05, 0) is 62.6 Å². The maximum atomic E-state index is 14.4. The number of halogens is 1. The van der Waals surface area contributed by atoms with Crippen molar-refractivity contribution in [2.75, 3.05) is 13.1 Å². The lowest BCUT2D eigenvalue weighted by Gasteiger charge is -2.25. The van der Waals surface area contributed by atoms with Crippen LogP contribution in [0.2, 0.25) is 0 Å². The van der Waals surface area contributed by atoms with Crippen LogP contribution in [-0.2, 0) is 7.05 Å². The van der Waals surface area contributed by atoms with E-state index in [9.17, 15) is 9.18 Å². The molecule has 0 aliphatic carbocycles. The molecule has 0 N–H and O–H groups in total. The summed E-state index contributed by atoms with van der Waals surface area (Å²) in [5.74, 6) is -0.297. The summed E-state index contributed by atoms with van der Waals surface area (Å²) < 4.78 is 18.1. The summed E-state index contributed by atoms with van der Waals surface area (Å²) in [4.78, 5) is 19.6. The van der Waals surface area contributed by atoms with Gasteiger partial charge in [-0.3, -0.25) is 14.0 Å². The molecule has 0 unspecified atom stereocenters. The maximum absolute atomic E-state index is 14.4. The lowest BCUT2D eigenvalue weighted by molar-refractivity contribution is 0.0719. The van der Waals surface area contributed by atoms with E-state index in [2.05, 4.69) is 10.1 Å². The highest BCUT2D eigenvalue weighted by Crippen LogP contribution is 2.28. The Kier molecular flexibility index (Phi) is 5.17. The van der Waals surface area contributed by atoms with Crippen molar-refractivity contribution in [2.24, 2.45) is 7.05 Å². The number of rotatable bonds is 3. The van der Waals surface area contributed by atoms with Gasteiger partial charge in [0.2, 0.25) is 0 Å². The van der Waals surface area contributed by atoms with Crippen LogP contribution in [0.15, 0.2) is 42.6 Å². The summed E-state index contributed by atoms with van der Waals surface area (Å²) >= 11 is 0. The highest BCUT2D eigenvalue weighted by atomic mass is 19.1. The minimum Gasteiger partial charge on any atom is -0.337 e. The molecular weight excluding hydrogens is 419 g/mol. The number of aryl methyl sites for hydroxylation is 2. The number of imidazole rings is 1. The summed E-state index contributed by atoms with van der Waals surface area (Å²) in [5, 5.41) is 14.6. The summed E-state index contributed by atoms with van der Waals surface area (Å²) in [6.45, 7) is 3.43. The number of amides is 1. The number of nitrogens with zero attached hydrogens (tertiary/aromatic N) is 6. The van der Waals surface area contributed by atoms with Gasteiger partial charge in [-0.25, -0.2) is 9.37 Å². The minimum absolute atomic E-state index is 0.0334. The van der Waals surface area contributed by atoms with E-state index in [-0.39, 0.29) is 11.5 Å². The van der Waals surface area contributed by atoms with Gasteiger partial charge in [0, 0.05) is 48.7 Å². The standard InChI is InChI=1S/C25H23FN6O/c1-16-20-13-19(8-9-22(20)29-30(16)2)32-15-23(25(33)31-10-4-3-5-11-31)28-24(32)17-6-7-18(14-27)21(26)12-17/h6-9,12-13,15H,3-5,10-11H2,1-2H3. The average Bonchev–Trinajstić information content (AvgIpc) is 3.40. The number of piperidine rings is 1. The summed E-state index contributed by atoms with van der Waals surface area (Å²) in [6, 6.07) is 12.1. The third kappa shape index (κ3) is 3.65. The molecule has 2 aromatic carbocycles. The van der Waals surface area contributed by atoms with Crippen molar-refractivity contribution in [3.05, 3.63) is 65.4 Å². The molecule has 5 rings (SSSR count). The van der Waals surface area contributed by atoms with Crippen LogP contribution in [0.5, 0.6) is 0 Å². The largest absolute Gasteiger partial charge is 0.337 e. The molecule has 4 aromatic rings. The molecule has 0 saturated carbocycles. The van der Waals surface area contributed by atoms with Gasteiger partial charge in [-0.2, -0.15) is 10.4 Å². The third-order valence-electron chi connectivity index (χ3n) is 6.31. The highest BCUT2D eigenvalue weighted by molar-refractivity contribution is 5.93. The first kappa shape index (κ1) is 20.9. The van der Waals surface area contributed by atoms with Crippen molar-refractivity contribution >= 4 is 16.8 Å². The Hall–Kier alpha value is -3.99. The van der Waals surface area contributed by atoms with E-state index in [4.69, 9.17) is 5.26 Å². The number of fused-ring (bicyclic) bond motifs is 1. The van der Waals surface area contributed by atoms with Crippen LogP contribution in [-0.4, -0.2) is 43.2 Å². The first-order chi connectivity index (χ1) is 16.0. The number of hydrogen-bond donors (Lipinski definition) is 0. The number of carbonyl (C=O) groups is 1. The van der Waals surface area contributed by atoms with Crippen LogP contribution in [0.3, 0.4) is 0 Å². The molecule has 1 saturated heterocycles. The van der Waals surface area contributed by atoms with Crippen LogP contribution >= 0.6 is 0 Å². The topological polar surface area (TPSA) is 79.7 Å². The molecule has 0 spiro atoms. The number of benzene rings is 2. The number of aromatic nitrogens is 4. The molecule has 33 heavy (non-hydrogen) atoms. The van der Waals surface area contributed by atoms with Crippen molar-refractivity contribution in [1.82, 2.24) is 24.2 Å². The van der Waals surface area contributed by atoms with Gasteiger partial charge in [0.1, 0.15) is 23.4 Å². The zero-order valence-corrected chi connectivity index (χ0v) is 18.5. The van der Waals surface area contributed by atoms with Crippen molar-refractivity contribution in [1.29, 1.82) is 5.26 Å². The van der Waals surface area contributed by atoms with E-state index in [0.717, 1.165) is 41.5 Å². The molecule has 0 radical (unpaired) electrons. The molecule has 1 aliphatic heterocycles. The zero-order chi connectivity index (χ0) is 23.1. The maximum Gasteiger partial charge on any atom is 0.274 e. The molecule has 0 atom stereocenters. The summed E-state index contributed by atoms with van der Waals surface area (Å²) in [6.07, 6.45) is 4.81. The van der Waals surface area contributed by atoms with Crippen LogP contribution in [0.4, 0.5) is 4.39 Å².